The van der Waals surface area contributed by atoms with Gasteiger partial charge in [0.25, 0.3) is 0 Å². The highest BCUT2D eigenvalue weighted by atomic mass is 16.5. The summed E-state index contributed by atoms with van der Waals surface area (Å²) in [5, 5.41) is 5.01. The van der Waals surface area contributed by atoms with Crippen LogP contribution in [0.1, 0.15) is 5.56 Å². The Morgan fingerprint density at radius 3 is 2.65 bits per heavy atom. The Hall–Kier alpha value is -2.40. The fourth-order valence-electron chi connectivity index (χ4n) is 2.73. The number of amides is 2. The number of urea groups is 1. The molecule has 5 nitrogen and oxygen atoms in total. The van der Waals surface area contributed by atoms with Crippen LogP contribution >= 0.6 is 0 Å². The van der Waals surface area contributed by atoms with Gasteiger partial charge in [0.15, 0.2) is 0 Å². The molecule has 1 saturated heterocycles. The maximum atomic E-state index is 12.2. The molecule has 1 aliphatic rings. The molecule has 2 aromatic rings. The number of hydrogen-bond donors (Lipinski definition) is 1. The average Bonchev–Trinajstić information content (AvgIpc) is 2.61. The predicted molar refractivity (Wildman–Crippen MR) is 88.1 cm³/mol. The summed E-state index contributed by atoms with van der Waals surface area (Å²) in [4.78, 5) is 25.0. The first-order chi connectivity index (χ1) is 11.3. The summed E-state index contributed by atoms with van der Waals surface area (Å²) in [5.41, 5.74) is 0.999. The van der Waals surface area contributed by atoms with E-state index in [-0.39, 0.29) is 6.03 Å². The number of nitrogens with zero attached hydrogens (tertiary/aromatic N) is 1. The quantitative estimate of drug-likeness (QED) is 0.938. The van der Waals surface area contributed by atoms with E-state index in [0.29, 0.717) is 32.7 Å². The molecule has 23 heavy (non-hydrogen) atoms. The standard InChI is InChI=1S/C18H19N2O3/c21-13-17(19-18(22)20-7-9-23-10-8-20)12-14-5-6-15-3-1-2-4-16(15)11-14/h1-6,11,17H,7-10,12H2,(H,19,22)/t17-/m0/s1. The van der Waals surface area contributed by atoms with Crippen molar-refractivity contribution < 1.29 is 14.3 Å². The van der Waals surface area contributed by atoms with Crippen molar-refractivity contribution in [2.24, 2.45) is 0 Å². The number of nitrogens with one attached hydrogen (secondary N) is 1. The van der Waals surface area contributed by atoms with Gasteiger partial charge in [-0.25, -0.2) is 4.79 Å². The molecule has 0 unspecified atom stereocenters. The van der Waals surface area contributed by atoms with Crippen LogP contribution in [0.5, 0.6) is 0 Å². The number of morpholine rings is 1. The molecule has 0 aromatic heterocycles. The summed E-state index contributed by atoms with van der Waals surface area (Å²) in [5.74, 6) is 0. The van der Waals surface area contributed by atoms with Crippen molar-refractivity contribution in [3.63, 3.8) is 0 Å². The Kier molecular flexibility index (Phi) is 4.88. The molecule has 0 aliphatic carbocycles. The zero-order chi connectivity index (χ0) is 16.1. The van der Waals surface area contributed by atoms with Crippen molar-refractivity contribution in [3.05, 3.63) is 48.0 Å². The molecule has 2 amide bonds. The van der Waals surface area contributed by atoms with Crippen molar-refractivity contribution >= 4 is 23.1 Å². The highest BCUT2D eigenvalue weighted by Gasteiger charge is 2.20. The molecule has 5 heteroatoms. The van der Waals surface area contributed by atoms with E-state index in [1.165, 1.54) is 0 Å². The van der Waals surface area contributed by atoms with Crippen LogP contribution in [0.15, 0.2) is 42.5 Å². The number of hydrogen-bond acceptors (Lipinski definition) is 3. The SMILES string of the molecule is O=[C][C@H](Cc1ccc2ccccc2c1)NC(=O)N1CCOCC1. The summed E-state index contributed by atoms with van der Waals surface area (Å²) in [7, 11) is 0. The van der Waals surface area contributed by atoms with Gasteiger partial charge in [0, 0.05) is 19.5 Å². The van der Waals surface area contributed by atoms with Crippen LogP contribution in [0, 0.1) is 0 Å². The predicted octanol–water partition coefficient (Wildman–Crippen LogP) is 1.90. The maximum absolute atomic E-state index is 12.2. The molecule has 1 fully saturated rings. The van der Waals surface area contributed by atoms with E-state index in [1.807, 2.05) is 48.8 Å². The van der Waals surface area contributed by atoms with Gasteiger partial charge in [-0.2, -0.15) is 0 Å². The molecule has 1 radical (unpaired) electrons. The van der Waals surface area contributed by atoms with Crippen molar-refractivity contribution in [2.75, 3.05) is 26.3 Å². The van der Waals surface area contributed by atoms with Gasteiger partial charge in [-0.15, -0.1) is 0 Å². The van der Waals surface area contributed by atoms with Gasteiger partial charge in [0.1, 0.15) is 6.04 Å². The third-order valence-electron chi connectivity index (χ3n) is 3.99. The minimum absolute atomic E-state index is 0.234. The molecule has 2 aromatic carbocycles. The largest absolute Gasteiger partial charge is 0.378 e. The second-order valence-electron chi connectivity index (χ2n) is 5.60. The molecule has 1 N–H and O–H groups in total. The molecule has 1 atom stereocenters. The number of carbonyl (C=O) groups is 1. The summed E-state index contributed by atoms with van der Waals surface area (Å²) >= 11 is 0. The van der Waals surface area contributed by atoms with Crippen LogP contribution in [0.4, 0.5) is 4.79 Å². The highest BCUT2D eigenvalue weighted by molar-refractivity contribution is 5.83. The molecule has 3 rings (SSSR count). The highest BCUT2D eigenvalue weighted by Crippen LogP contribution is 2.16. The fraction of sp³-hybridized carbons (Fsp3) is 0.333. The van der Waals surface area contributed by atoms with Gasteiger partial charge >= 0.3 is 6.03 Å². The fourth-order valence-corrected chi connectivity index (χ4v) is 2.73. The van der Waals surface area contributed by atoms with Crippen molar-refractivity contribution in [1.29, 1.82) is 0 Å². The van der Waals surface area contributed by atoms with Gasteiger partial charge in [-0.3, -0.25) is 4.79 Å². The Morgan fingerprint density at radius 1 is 1.17 bits per heavy atom. The van der Waals surface area contributed by atoms with Crippen LogP contribution in [-0.4, -0.2) is 49.6 Å². The normalized spacial score (nSPS) is 16.1. The minimum Gasteiger partial charge on any atom is -0.378 e. The van der Waals surface area contributed by atoms with E-state index in [4.69, 9.17) is 4.74 Å². The molecule has 119 valence electrons. The lowest BCUT2D eigenvalue weighted by Crippen LogP contribution is -2.50. The van der Waals surface area contributed by atoms with Gasteiger partial charge in [0.2, 0.25) is 6.29 Å². The summed E-state index contributed by atoms with van der Waals surface area (Å²) in [6, 6.07) is 13.2. The third kappa shape index (κ3) is 3.87. The van der Waals surface area contributed by atoms with Crippen molar-refractivity contribution in [1.82, 2.24) is 10.2 Å². The lowest BCUT2D eigenvalue weighted by Gasteiger charge is -2.28. The Balaban J connectivity index is 1.65. The number of benzene rings is 2. The first-order valence-corrected chi connectivity index (χ1v) is 7.75. The number of ether oxygens (including phenoxy) is 1. The van der Waals surface area contributed by atoms with Gasteiger partial charge in [0.05, 0.1) is 13.2 Å². The Morgan fingerprint density at radius 2 is 1.91 bits per heavy atom. The van der Waals surface area contributed by atoms with Gasteiger partial charge < -0.3 is 15.0 Å². The maximum Gasteiger partial charge on any atom is 0.318 e. The first-order valence-electron chi connectivity index (χ1n) is 7.75. The molecule has 0 spiro atoms. The lowest BCUT2D eigenvalue weighted by molar-refractivity contribution is 0.0529. The zero-order valence-electron chi connectivity index (χ0n) is 12.8. The van der Waals surface area contributed by atoms with Crippen molar-refractivity contribution in [3.8, 4) is 0 Å². The Labute approximate surface area is 135 Å². The summed E-state index contributed by atoms with van der Waals surface area (Å²) < 4.78 is 5.22. The zero-order valence-corrected chi connectivity index (χ0v) is 12.8. The first kappa shape index (κ1) is 15.5. The average molecular weight is 311 g/mol. The number of carbonyl (C=O) groups excluding carboxylic acids is 2. The molecular formula is C18H19N2O3. The molecule has 1 heterocycles. The van der Waals surface area contributed by atoms with Crippen LogP contribution < -0.4 is 5.32 Å². The number of rotatable bonds is 4. The van der Waals surface area contributed by atoms with E-state index in [1.54, 1.807) is 4.90 Å². The van der Waals surface area contributed by atoms with Crippen LogP contribution in [0.3, 0.4) is 0 Å². The lowest BCUT2D eigenvalue weighted by atomic mass is 10.0. The Bertz CT molecular complexity index is 695. The smallest absolute Gasteiger partial charge is 0.318 e. The van der Waals surface area contributed by atoms with Gasteiger partial charge in [-0.05, 0) is 16.3 Å². The number of fused-ring (bicyclic) bond motifs is 1. The molecule has 0 saturated carbocycles. The van der Waals surface area contributed by atoms with Crippen LogP contribution in [0.2, 0.25) is 0 Å². The van der Waals surface area contributed by atoms with Gasteiger partial charge in [-0.1, -0.05) is 42.5 Å². The van der Waals surface area contributed by atoms with E-state index < -0.39 is 6.04 Å². The molecular weight excluding hydrogens is 292 g/mol. The van der Waals surface area contributed by atoms with E-state index in [2.05, 4.69) is 5.32 Å². The second-order valence-corrected chi connectivity index (χ2v) is 5.60. The van der Waals surface area contributed by atoms with Crippen molar-refractivity contribution in [2.45, 2.75) is 12.5 Å². The van der Waals surface area contributed by atoms with E-state index >= 15 is 0 Å². The topological polar surface area (TPSA) is 58.6 Å². The minimum atomic E-state index is -0.647. The summed E-state index contributed by atoms with van der Waals surface area (Å²) in [6.07, 6.45) is 2.36. The van der Waals surface area contributed by atoms with Crippen LogP contribution in [-0.2, 0) is 16.0 Å². The van der Waals surface area contributed by atoms with E-state index in [0.717, 1.165) is 16.3 Å². The van der Waals surface area contributed by atoms with Crippen LogP contribution in [0.25, 0.3) is 10.8 Å². The van der Waals surface area contributed by atoms with E-state index in [9.17, 15) is 9.59 Å². The second kappa shape index (κ2) is 7.24. The molecule has 1 aliphatic heterocycles. The summed E-state index contributed by atoms with van der Waals surface area (Å²) in [6.45, 7) is 2.17. The third-order valence-corrected chi connectivity index (χ3v) is 3.99. The molecule has 0 bridgehead atoms. The monoisotopic (exact) mass is 311 g/mol.